The van der Waals surface area contributed by atoms with E-state index in [2.05, 4.69) is 39.5 Å². The number of rotatable bonds is 2. The minimum Gasteiger partial charge on any atom is -0.295 e. The molecular formula is C11H23N. The summed E-state index contributed by atoms with van der Waals surface area (Å²) in [5.41, 5.74) is 0. The highest BCUT2D eigenvalue weighted by molar-refractivity contribution is 4.89. The third-order valence-electron chi connectivity index (χ3n) is 3.62. The number of hydrogen-bond acceptors (Lipinski definition) is 1. The quantitative estimate of drug-likeness (QED) is 0.614. The van der Waals surface area contributed by atoms with E-state index in [0.717, 1.165) is 24.0 Å². The predicted octanol–water partition coefficient (Wildman–Crippen LogP) is 2.90. The lowest BCUT2D eigenvalue weighted by molar-refractivity contribution is 0.143. The number of likely N-dealkylation sites (tertiary alicyclic amines) is 1. The van der Waals surface area contributed by atoms with E-state index < -0.39 is 0 Å². The van der Waals surface area contributed by atoms with Gasteiger partial charge in [0, 0.05) is 18.1 Å². The Labute approximate surface area is 77.1 Å². The van der Waals surface area contributed by atoms with Crippen molar-refractivity contribution in [2.24, 2.45) is 5.92 Å². The van der Waals surface area contributed by atoms with Crippen molar-refractivity contribution in [3.8, 4) is 0 Å². The molecule has 0 radical (unpaired) electrons. The lowest BCUT2D eigenvalue weighted by Crippen LogP contribution is -2.40. The van der Waals surface area contributed by atoms with Crippen LogP contribution in [0.1, 0.15) is 47.5 Å². The highest BCUT2D eigenvalue weighted by Crippen LogP contribution is 2.31. The van der Waals surface area contributed by atoms with Crippen LogP contribution in [0.2, 0.25) is 0 Å². The molecule has 0 aromatic rings. The minimum atomic E-state index is 0.764. The fourth-order valence-corrected chi connectivity index (χ4v) is 2.60. The van der Waals surface area contributed by atoms with E-state index in [9.17, 15) is 0 Å². The zero-order chi connectivity index (χ0) is 9.30. The molecule has 0 aliphatic carbocycles. The van der Waals surface area contributed by atoms with Crippen LogP contribution in [0, 0.1) is 5.92 Å². The van der Waals surface area contributed by atoms with Crippen molar-refractivity contribution in [2.75, 3.05) is 0 Å². The molecule has 0 aromatic carbocycles. The molecule has 3 unspecified atom stereocenters. The summed E-state index contributed by atoms with van der Waals surface area (Å²) in [6, 6.07) is 2.35. The van der Waals surface area contributed by atoms with Gasteiger partial charge in [-0.3, -0.25) is 4.90 Å². The van der Waals surface area contributed by atoms with Crippen LogP contribution in [0.25, 0.3) is 0 Å². The zero-order valence-corrected chi connectivity index (χ0v) is 9.17. The van der Waals surface area contributed by atoms with Gasteiger partial charge in [-0.25, -0.2) is 0 Å². The van der Waals surface area contributed by atoms with E-state index in [1.807, 2.05) is 0 Å². The second-order valence-electron chi connectivity index (χ2n) is 4.51. The molecule has 12 heavy (non-hydrogen) atoms. The van der Waals surface area contributed by atoms with E-state index in [-0.39, 0.29) is 0 Å². The molecule has 1 rings (SSSR count). The van der Waals surface area contributed by atoms with Gasteiger partial charge in [0.1, 0.15) is 0 Å². The SMILES string of the molecule is CCC(C)N1C(C)CC(C)[C@@H]1C. The van der Waals surface area contributed by atoms with Crippen molar-refractivity contribution in [1.29, 1.82) is 0 Å². The highest BCUT2D eigenvalue weighted by Gasteiger charge is 2.35. The van der Waals surface area contributed by atoms with Crippen LogP contribution in [-0.4, -0.2) is 23.0 Å². The largest absolute Gasteiger partial charge is 0.295 e. The molecule has 1 heteroatoms. The number of hydrogen-bond donors (Lipinski definition) is 0. The van der Waals surface area contributed by atoms with Gasteiger partial charge in [-0.15, -0.1) is 0 Å². The summed E-state index contributed by atoms with van der Waals surface area (Å²) in [6.07, 6.45) is 2.66. The van der Waals surface area contributed by atoms with Crippen LogP contribution in [0.15, 0.2) is 0 Å². The van der Waals surface area contributed by atoms with E-state index in [1.165, 1.54) is 12.8 Å². The van der Waals surface area contributed by atoms with Crippen molar-refractivity contribution in [3.05, 3.63) is 0 Å². The summed E-state index contributed by atoms with van der Waals surface area (Å²) in [4.78, 5) is 2.69. The fourth-order valence-electron chi connectivity index (χ4n) is 2.60. The van der Waals surface area contributed by atoms with Gasteiger partial charge in [0.05, 0.1) is 0 Å². The third kappa shape index (κ3) is 1.66. The van der Waals surface area contributed by atoms with Gasteiger partial charge >= 0.3 is 0 Å². The third-order valence-corrected chi connectivity index (χ3v) is 3.62. The first-order valence-corrected chi connectivity index (χ1v) is 5.35. The average molecular weight is 169 g/mol. The van der Waals surface area contributed by atoms with Crippen molar-refractivity contribution in [3.63, 3.8) is 0 Å². The Morgan fingerprint density at radius 1 is 1.33 bits per heavy atom. The maximum Gasteiger partial charge on any atom is 0.00987 e. The van der Waals surface area contributed by atoms with E-state index >= 15 is 0 Å². The second-order valence-corrected chi connectivity index (χ2v) is 4.51. The molecular weight excluding hydrogens is 146 g/mol. The smallest absolute Gasteiger partial charge is 0.00987 e. The molecule has 72 valence electrons. The summed E-state index contributed by atoms with van der Waals surface area (Å²) in [6.45, 7) is 11.8. The van der Waals surface area contributed by atoms with Crippen LogP contribution in [-0.2, 0) is 0 Å². The van der Waals surface area contributed by atoms with Crippen molar-refractivity contribution < 1.29 is 0 Å². The van der Waals surface area contributed by atoms with Crippen molar-refractivity contribution in [1.82, 2.24) is 4.90 Å². The number of nitrogens with zero attached hydrogens (tertiary/aromatic N) is 1. The lowest BCUT2D eigenvalue weighted by Gasteiger charge is -2.32. The summed E-state index contributed by atoms with van der Waals surface area (Å²) in [7, 11) is 0. The summed E-state index contributed by atoms with van der Waals surface area (Å²) < 4.78 is 0. The maximum absolute atomic E-state index is 2.69. The summed E-state index contributed by atoms with van der Waals surface area (Å²) in [5, 5.41) is 0. The molecule has 0 amide bonds. The minimum absolute atomic E-state index is 0.764. The molecule has 0 saturated carbocycles. The molecule has 1 saturated heterocycles. The first kappa shape index (κ1) is 10.0. The normalized spacial score (nSPS) is 40.2. The Morgan fingerprint density at radius 3 is 2.25 bits per heavy atom. The average Bonchev–Trinajstić information content (AvgIpc) is 2.26. The monoisotopic (exact) mass is 169 g/mol. The first-order valence-electron chi connectivity index (χ1n) is 5.35. The van der Waals surface area contributed by atoms with Gasteiger partial charge in [0.15, 0.2) is 0 Å². The van der Waals surface area contributed by atoms with Crippen LogP contribution in [0.3, 0.4) is 0 Å². The van der Waals surface area contributed by atoms with Crippen molar-refractivity contribution >= 4 is 0 Å². The van der Waals surface area contributed by atoms with E-state index in [1.54, 1.807) is 0 Å². The fraction of sp³-hybridized carbons (Fsp3) is 1.00. The molecule has 0 bridgehead atoms. The Kier molecular flexibility index (Phi) is 3.16. The maximum atomic E-state index is 2.69. The van der Waals surface area contributed by atoms with Gasteiger partial charge < -0.3 is 0 Å². The van der Waals surface area contributed by atoms with Crippen LogP contribution in [0.5, 0.6) is 0 Å². The summed E-state index contributed by atoms with van der Waals surface area (Å²) >= 11 is 0. The van der Waals surface area contributed by atoms with E-state index in [0.29, 0.717) is 0 Å². The first-order chi connectivity index (χ1) is 5.57. The Bertz CT molecular complexity index is 140. The Morgan fingerprint density at radius 2 is 1.92 bits per heavy atom. The molecule has 0 N–H and O–H groups in total. The molecule has 1 fully saturated rings. The molecule has 1 aliphatic heterocycles. The topological polar surface area (TPSA) is 3.24 Å². The Hall–Kier alpha value is -0.0400. The molecule has 1 aliphatic rings. The van der Waals surface area contributed by atoms with Gasteiger partial charge in [-0.05, 0) is 39.5 Å². The van der Waals surface area contributed by atoms with Crippen molar-refractivity contribution in [2.45, 2.75) is 65.6 Å². The molecule has 1 heterocycles. The molecule has 4 atom stereocenters. The van der Waals surface area contributed by atoms with Gasteiger partial charge in [-0.1, -0.05) is 13.8 Å². The lowest BCUT2D eigenvalue weighted by atomic mass is 10.0. The molecule has 0 aromatic heterocycles. The van der Waals surface area contributed by atoms with Crippen LogP contribution < -0.4 is 0 Å². The summed E-state index contributed by atoms with van der Waals surface area (Å²) in [5.74, 6) is 0.883. The van der Waals surface area contributed by atoms with Crippen LogP contribution in [0.4, 0.5) is 0 Å². The zero-order valence-electron chi connectivity index (χ0n) is 9.17. The predicted molar refractivity (Wildman–Crippen MR) is 54.3 cm³/mol. The van der Waals surface area contributed by atoms with E-state index in [4.69, 9.17) is 0 Å². The van der Waals surface area contributed by atoms with Gasteiger partial charge in [-0.2, -0.15) is 0 Å². The van der Waals surface area contributed by atoms with Crippen LogP contribution >= 0.6 is 0 Å². The Balaban J connectivity index is 2.62. The molecule has 0 spiro atoms. The van der Waals surface area contributed by atoms with Gasteiger partial charge in [0.2, 0.25) is 0 Å². The highest BCUT2D eigenvalue weighted by atomic mass is 15.2. The van der Waals surface area contributed by atoms with Gasteiger partial charge in [0.25, 0.3) is 0 Å². The standard InChI is InChI=1S/C11H23N/c1-6-9(3)12-10(4)7-8(2)11(12)5/h8-11H,6-7H2,1-5H3/t8?,9?,10?,11-/m0/s1. The second kappa shape index (κ2) is 3.78. The molecule has 1 nitrogen and oxygen atoms in total.